The van der Waals surface area contributed by atoms with Gasteiger partial charge in [0.2, 0.25) is 0 Å². The van der Waals surface area contributed by atoms with Crippen LogP contribution in [0.3, 0.4) is 0 Å². The summed E-state index contributed by atoms with van der Waals surface area (Å²) in [6, 6.07) is 11.7. The van der Waals surface area contributed by atoms with Crippen LogP contribution in [0.4, 0.5) is 10.8 Å². The monoisotopic (exact) mass is 419 g/mol. The van der Waals surface area contributed by atoms with E-state index in [0.29, 0.717) is 42.3 Å². The summed E-state index contributed by atoms with van der Waals surface area (Å²) in [5, 5.41) is 9.44. The number of carbonyl (C=O) groups is 1. The summed E-state index contributed by atoms with van der Waals surface area (Å²) in [6.45, 7) is 9.18. The molecule has 1 atom stereocenters. The first-order valence-electron chi connectivity index (χ1n) is 10.3. The van der Waals surface area contributed by atoms with Crippen LogP contribution < -0.4 is 4.90 Å². The average Bonchev–Trinajstić information content (AvgIpc) is 3.16. The van der Waals surface area contributed by atoms with Crippen LogP contribution in [0.15, 0.2) is 40.9 Å². The molecule has 1 aliphatic rings. The maximum atomic E-state index is 12.4. The highest BCUT2D eigenvalue weighted by molar-refractivity contribution is 5.91. The molecule has 1 amide bonds. The summed E-state index contributed by atoms with van der Waals surface area (Å²) in [5.74, 6) is 0. The molecule has 0 spiro atoms. The summed E-state index contributed by atoms with van der Waals surface area (Å²) >= 11 is 0. The van der Waals surface area contributed by atoms with E-state index in [4.69, 9.17) is 9.15 Å². The van der Waals surface area contributed by atoms with E-state index in [2.05, 4.69) is 16.0 Å². The van der Waals surface area contributed by atoms with Crippen molar-refractivity contribution >= 4 is 23.2 Å². The number of anilines is 1. The first-order valence-corrected chi connectivity index (χ1v) is 10.3. The minimum absolute atomic E-state index is 0.0110. The van der Waals surface area contributed by atoms with E-state index in [0.717, 1.165) is 11.3 Å². The maximum absolute atomic E-state index is 12.4. The number of aromatic nitrogens is 2. The van der Waals surface area contributed by atoms with Crippen molar-refractivity contribution in [2.45, 2.75) is 39.3 Å². The van der Waals surface area contributed by atoms with E-state index >= 15 is 0 Å². The van der Waals surface area contributed by atoms with Gasteiger partial charge in [0.25, 0.3) is 6.01 Å². The van der Waals surface area contributed by atoms with Crippen molar-refractivity contribution in [1.29, 1.82) is 5.26 Å². The number of piperazine rings is 1. The van der Waals surface area contributed by atoms with Crippen LogP contribution >= 0.6 is 0 Å². The molecular weight excluding hydrogens is 394 g/mol. The standard InChI is InChI=1S/C23H25N5O3/c1-15-14-27(22(29)31-23(2,3)4)9-10-28(15)21-26-19-12-16(13-24)11-17(20(19)30-21)18-7-5-6-8-25-18/h5-8,11-12,15H,9-10,14H2,1-4H3/t15-/m0/s1. The van der Waals surface area contributed by atoms with E-state index in [1.807, 2.05) is 50.8 Å². The first-order chi connectivity index (χ1) is 14.7. The molecule has 1 aromatic carbocycles. The molecular formula is C23H25N5O3. The van der Waals surface area contributed by atoms with Crippen LogP contribution in [0, 0.1) is 11.3 Å². The number of oxazole rings is 1. The number of hydrogen-bond acceptors (Lipinski definition) is 7. The number of fused-ring (bicyclic) bond motifs is 1. The number of benzene rings is 1. The predicted octanol–water partition coefficient (Wildman–Crippen LogP) is 4.21. The zero-order valence-corrected chi connectivity index (χ0v) is 18.1. The lowest BCUT2D eigenvalue weighted by atomic mass is 10.1. The molecule has 3 aromatic rings. The van der Waals surface area contributed by atoms with E-state index in [1.54, 1.807) is 23.2 Å². The van der Waals surface area contributed by atoms with Crippen molar-refractivity contribution < 1.29 is 13.9 Å². The molecule has 0 bridgehead atoms. The molecule has 0 N–H and O–H groups in total. The zero-order chi connectivity index (χ0) is 22.2. The fraction of sp³-hybridized carbons (Fsp3) is 0.391. The van der Waals surface area contributed by atoms with Crippen molar-refractivity contribution in [2.75, 3.05) is 24.5 Å². The molecule has 2 aromatic heterocycles. The Morgan fingerprint density at radius 1 is 1.29 bits per heavy atom. The summed E-state index contributed by atoms with van der Waals surface area (Å²) in [4.78, 5) is 25.2. The highest BCUT2D eigenvalue weighted by Gasteiger charge is 2.32. The largest absolute Gasteiger partial charge is 0.444 e. The SMILES string of the molecule is C[C@H]1CN(C(=O)OC(C)(C)C)CCN1c1nc2cc(C#N)cc(-c3ccccn3)c2o1. The van der Waals surface area contributed by atoms with Gasteiger partial charge in [-0.15, -0.1) is 0 Å². The summed E-state index contributed by atoms with van der Waals surface area (Å²) in [6.07, 6.45) is 1.39. The molecule has 3 heterocycles. The molecule has 1 saturated heterocycles. The summed E-state index contributed by atoms with van der Waals surface area (Å²) < 4.78 is 11.7. The number of ether oxygens (including phenoxy) is 1. The van der Waals surface area contributed by atoms with Gasteiger partial charge in [-0.05, 0) is 52.0 Å². The Morgan fingerprint density at radius 3 is 2.74 bits per heavy atom. The van der Waals surface area contributed by atoms with Gasteiger partial charge in [0.15, 0.2) is 5.58 Å². The Bertz CT molecular complexity index is 1140. The molecule has 8 nitrogen and oxygen atoms in total. The van der Waals surface area contributed by atoms with Gasteiger partial charge in [0.05, 0.1) is 17.3 Å². The number of nitriles is 1. The Labute approximate surface area is 181 Å². The maximum Gasteiger partial charge on any atom is 0.410 e. The third kappa shape index (κ3) is 4.31. The normalized spacial score (nSPS) is 16.9. The number of nitrogens with zero attached hydrogens (tertiary/aromatic N) is 5. The Kier molecular flexibility index (Phi) is 5.27. The lowest BCUT2D eigenvalue weighted by Gasteiger charge is -2.39. The molecule has 1 fully saturated rings. The number of amides is 1. The Balaban J connectivity index is 1.63. The highest BCUT2D eigenvalue weighted by atomic mass is 16.6. The molecule has 4 rings (SSSR count). The second-order valence-corrected chi connectivity index (χ2v) is 8.66. The Hall–Kier alpha value is -3.60. The molecule has 160 valence electrons. The minimum Gasteiger partial charge on any atom is -0.444 e. The van der Waals surface area contributed by atoms with Crippen LogP contribution in [0.5, 0.6) is 0 Å². The predicted molar refractivity (Wildman–Crippen MR) is 117 cm³/mol. The fourth-order valence-corrected chi connectivity index (χ4v) is 3.65. The molecule has 0 saturated carbocycles. The van der Waals surface area contributed by atoms with E-state index in [9.17, 15) is 10.1 Å². The highest BCUT2D eigenvalue weighted by Crippen LogP contribution is 2.33. The van der Waals surface area contributed by atoms with Crippen molar-refractivity contribution in [3.63, 3.8) is 0 Å². The van der Waals surface area contributed by atoms with E-state index in [1.165, 1.54) is 0 Å². The van der Waals surface area contributed by atoms with Gasteiger partial charge in [0, 0.05) is 37.4 Å². The van der Waals surface area contributed by atoms with Crippen molar-refractivity contribution in [3.8, 4) is 17.3 Å². The van der Waals surface area contributed by atoms with Gasteiger partial charge in [-0.3, -0.25) is 4.98 Å². The molecule has 0 radical (unpaired) electrons. The second-order valence-electron chi connectivity index (χ2n) is 8.66. The minimum atomic E-state index is -0.530. The van der Waals surface area contributed by atoms with Crippen molar-refractivity contribution in [3.05, 3.63) is 42.1 Å². The van der Waals surface area contributed by atoms with Crippen LogP contribution in [-0.4, -0.2) is 52.2 Å². The van der Waals surface area contributed by atoms with Gasteiger partial charge >= 0.3 is 6.09 Å². The quantitative estimate of drug-likeness (QED) is 0.614. The lowest BCUT2D eigenvalue weighted by molar-refractivity contribution is 0.0216. The van der Waals surface area contributed by atoms with Gasteiger partial charge in [0.1, 0.15) is 11.1 Å². The smallest absolute Gasteiger partial charge is 0.410 e. The molecule has 31 heavy (non-hydrogen) atoms. The summed E-state index contributed by atoms with van der Waals surface area (Å²) in [5.41, 5.74) is 2.61. The topological polar surface area (TPSA) is 95.5 Å². The van der Waals surface area contributed by atoms with Crippen LogP contribution in [0.2, 0.25) is 0 Å². The van der Waals surface area contributed by atoms with E-state index < -0.39 is 5.60 Å². The molecule has 0 unspecified atom stereocenters. The van der Waals surface area contributed by atoms with Gasteiger partial charge in [-0.2, -0.15) is 10.2 Å². The second kappa shape index (κ2) is 7.91. The van der Waals surface area contributed by atoms with E-state index in [-0.39, 0.29) is 12.1 Å². The number of pyridine rings is 1. The molecule has 1 aliphatic heterocycles. The van der Waals surface area contributed by atoms with Crippen LogP contribution in [-0.2, 0) is 4.74 Å². The first kappa shape index (κ1) is 20.7. The average molecular weight is 419 g/mol. The van der Waals surface area contributed by atoms with Gasteiger partial charge < -0.3 is 19.0 Å². The molecule has 8 heteroatoms. The third-order valence-electron chi connectivity index (χ3n) is 5.07. The fourth-order valence-electron chi connectivity index (χ4n) is 3.65. The molecule has 0 aliphatic carbocycles. The number of carbonyl (C=O) groups excluding carboxylic acids is 1. The number of hydrogen-bond donors (Lipinski definition) is 0. The van der Waals surface area contributed by atoms with Gasteiger partial charge in [-0.25, -0.2) is 4.79 Å². The van der Waals surface area contributed by atoms with Crippen molar-refractivity contribution in [1.82, 2.24) is 14.9 Å². The van der Waals surface area contributed by atoms with Gasteiger partial charge in [-0.1, -0.05) is 6.07 Å². The van der Waals surface area contributed by atoms with Crippen LogP contribution in [0.25, 0.3) is 22.4 Å². The van der Waals surface area contributed by atoms with Crippen LogP contribution in [0.1, 0.15) is 33.3 Å². The number of rotatable bonds is 2. The summed E-state index contributed by atoms with van der Waals surface area (Å²) in [7, 11) is 0. The third-order valence-corrected chi connectivity index (χ3v) is 5.07. The lowest BCUT2D eigenvalue weighted by Crippen LogP contribution is -2.54. The zero-order valence-electron chi connectivity index (χ0n) is 18.1. The van der Waals surface area contributed by atoms with Crippen molar-refractivity contribution in [2.24, 2.45) is 0 Å². The Morgan fingerprint density at radius 2 is 2.10 bits per heavy atom.